The van der Waals surface area contributed by atoms with E-state index in [1.54, 1.807) is 0 Å². The van der Waals surface area contributed by atoms with Gasteiger partial charge in [0.1, 0.15) is 0 Å². The Morgan fingerprint density at radius 1 is 1.05 bits per heavy atom. The minimum Gasteiger partial charge on any atom is -0.301 e. The number of carbonyl (C=O) groups is 1. The van der Waals surface area contributed by atoms with E-state index in [4.69, 9.17) is 0 Å². The second-order valence-corrected chi connectivity index (χ2v) is 5.60. The van der Waals surface area contributed by atoms with Crippen LogP contribution in [-0.4, -0.2) is 24.3 Å². The van der Waals surface area contributed by atoms with Crippen molar-refractivity contribution >= 4 is 5.78 Å². The first-order valence-electron chi connectivity index (χ1n) is 7.08. The third-order valence-corrected chi connectivity index (χ3v) is 3.95. The second-order valence-electron chi connectivity index (χ2n) is 5.60. The van der Waals surface area contributed by atoms with E-state index in [-0.39, 0.29) is 5.92 Å². The van der Waals surface area contributed by atoms with Crippen LogP contribution in [0.1, 0.15) is 21.5 Å². The summed E-state index contributed by atoms with van der Waals surface area (Å²) in [5.74, 6) is 0.418. The molecule has 20 heavy (non-hydrogen) atoms. The van der Waals surface area contributed by atoms with Crippen LogP contribution >= 0.6 is 0 Å². The third-order valence-electron chi connectivity index (χ3n) is 3.95. The minimum atomic E-state index is 0.112. The van der Waals surface area contributed by atoms with Gasteiger partial charge >= 0.3 is 0 Å². The summed E-state index contributed by atoms with van der Waals surface area (Å²) in [7, 11) is 2.09. The highest BCUT2D eigenvalue weighted by molar-refractivity contribution is 6.02. The molecule has 1 aliphatic carbocycles. The maximum absolute atomic E-state index is 12.4. The van der Waals surface area contributed by atoms with Crippen molar-refractivity contribution in [2.24, 2.45) is 5.92 Å². The monoisotopic (exact) mass is 265 g/mol. The topological polar surface area (TPSA) is 20.3 Å². The molecular formula is C18H19NO. The lowest BCUT2D eigenvalue weighted by atomic mass is 10.0. The Morgan fingerprint density at radius 3 is 2.50 bits per heavy atom. The van der Waals surface area contributed by atoms with Crippen molar-refractivity contribution in [3.8, 4) is 0 Å². The van der Waals surface area contributed by atoms with Crippen molar-refractivity contribution in [1.29, 1.82) is 0 Å². The molecule has 1 atom stereocenters. The summed E-state index contributed by atoms with van der Waals surface area (Å²) in [4.78, 5) is 14.6. The average Bonchev–Trinajstić information content (AvgIpc) is 2.77. The highest BCUT2D eigenvalue weighted by Crippen LogP contribution is 2.27. The number of hydrogen-bond acceptors (Lipinski definition) is 2. The number of fused-ring (bicyclic) bond motifs is 1. The van der Waals surface area contributed by atoms with E-state index >= 15 is 0 Å². The van der Waals surface area contributed by atoms with Gasteiger partial charge in [0.05, 0.1) is 0 Å². The molecule has 2 heteroatoms. The fourth-order valence-corrected chi connectivity index (χ4v) is 3.00. The SMILES string of the molecule is CN(Cc1ccccc1)CC1Cc2ccccc2C1=O. The zero-order valence-electron chi connectivity index (χ0n) is 11.8. The summed E-state index contributed by atoms with van der Waals surface area (Å²) in [6.07, 6.45) is 0.883. The van der Waals surface area contributed by atoms with E-state index in [1.165, 1.54) is 11.1 Å². The summed E-state index contributed by atoms with van der Waals surface area (Å²) in [6, 6.07) is 18.4. The van der Waals surface area contributed by atoms with Crippen LogP contribution in [0.2, 0.25) is 0 Å². The van der Waals surface area contributed by atoms with Crippen LogP contribution in [0.3, 0.4) is 0 Å². The number of rotatable bonds is 4. The van der Waals surface area contributed by atoms with Gasteiger partial charge in [0.25, 0.3) is 0 Å². The molecular weight excluding hydrogens is 246 g/mol. The highest BCUT2D eigenvalue weighted by Gasteiger charge is 2.30. The van der Waals surface area contributed by atoms with Gasteiger partial charge in [-0.1, -0.05) is 54.6 Å². The second kappa shape index (κ2) is 5.59. The van der Waals surface area contributed by atoms with Crippen molar-refractivity contribution in [2.75, 3.05) is 13.6 Å². The zero-order valence-corrected chi connectivity index (χ0v) is 11.8. The molecule has 3 rings (SSSR count). The molecule has 0 fully saturated rings. The number of carbonyl (C=O) groups excluding carboxylic acids is 1. The predicted molar refractivity (Wildman–Crippen MR) is 80.7 cm³/mol. The molecule has 2 aromatic carbocycles. The molecule has 0 spiro atoms. The summed E-state index contributed by atoms with van der Waals surface area (Å²) in [6.45, 7) is 1.71. The van der Waals surface area contributed by atoms with Crippen LogP contribution in [0.15, 0.2) is 54.6 Å². The van der Waals surface area contributed by atoms with Crippen LogP contribution < -0.4 is 0 Å². The zero-order chi connectivity index (χ0) is 13.9. The molecule has 1 unspecified atom stereocenters. The number of ketones is 1. The fraction of sp³-hybridized carbons (Fsp3) is 0.278. The summed E-state index contributed by atoms with van der Waals surface area (Å²) < 4.78 is 0. The van der Waals surface area contributed by atoms with Crippen molar-refractivity contribution in [2.45, 2.75) is 13.0 Å². The van der Waals surface area contributed by atoms with E-state index in [1.807, 2.05) is 24.3 Å². The summed E-state index contributed by atoms with van der Waals surface area (Å²) >= 11 is 0. The standard InChI is InChI=1S/C18H19NO/c1-19(12-14-7-3-2-4-8-14)13-16-11-15-9-5-6-10-17(15)18(16)20/h2-10,16H,11-13H2,1H3. The first-order valence-corrected chi connectivity index (χ1v) is 7.08. The quantitative estimate of drug-likeness (QED) is 0.846. The Morgan fingerprint density at radius 2 is 1.75 bits per heavy atom. The molecule has 2 nitrogen and oxygen atoms in total. The van der Waals surface area contributed by atoms with Crippen LogP contribution in [0.25, 0.3) is 0 Å². The molecule has 0 aliphatic heterocycles. The molecule has 0 saturated heterocycles. The van der Waals surface area contributed by atoms with Gasteiger partial charge in [-0.3, -0.25) is 4.79 Å². The molecule has 102 valence electrons. The molecule has 2 aromatic rings. The molecule has 0 N–H and O–H groups in total. The normalized spacial score (nSPS) is 17.5. The minimum absolute atomic E-state index is 0.112. The van der Waals surface area contributed by atoms with Crippen LogP contribution in [0.5, 0.6) is 0 Å². The molecule has 0 amide bonds. The Hall–Kier alpha value is -1.93. The van der Waals surface area contributed by atoms with Gasteiger partial charge in [0, 0.05) is 24.6 Å². The molecule has 0 saturated carbocycles. The number of Topliss-reactive ketones (excluding diaryl/α,β-unsaturated/α-hetero) is 1. The largest absolute Gasteiger partial charge is 0.301 e. The van der Waals surface area contributed by atoms with Crippen molar-refractivity contribution in [3.05, 3.63) is 71.3 Å². The van der Waals surface area contributed by atoms with Crippen LogP contribution in [0.4, 0.5) is 0 Å². The van der Waals surface area contributed by atoms with Crippen molar-refractivity contribution in [3.63, 3.8) is 0 Å². The van der Waals surface area contributed by atoms with E-state index in [0.29, 0.717) is 5.78 Å². The van der Waals surface area contributed by atoms with Crippen molar-refractivity contribution in [1.82, 2.24) is 4.90 Å². The molecule has 0 bridgehead atoms. The van der Waals surface area contributed by atoms with Gasteiger partial charge in [-0.2, -0.15) is 0 Å². The smallest absolute Gasteiger partial charge is 0.167 e. The highest BCUT2D eigenvalue weighted by atomic mass is 16.1. The maximum Gasteiger partial charge on any atom is 0.167 e. The Labute approximate surface area is 120 Å². The molecule has 0 aromatic heterocycles. The number of hydrogen-bond donors (Lipinski definition) is 0. The van der Waals surface area contributed by atoms with E-state index in [2.05, 4.69) is 42.3 Å². The van der Waals surface area contributed by atoms with E-state index < -0.39 is 0 Å². The van der Waals surface area contributed by atoms with Gasteiger partial charge in [0.15, 0.2) is 5.78 Å². The van der Waals surface area contributed by atoms with Gasteiger partial charge in [-0.05, 0) is 24.6 Å². The third kappa shape index (κ3) is 2.66. The lowest BCUT2D eigenvalue weighted by molar-refractivity contribution is 0.0907. The average molecular weight is 265 g/mol. The fourth-order valence-electron chi connectivity index (χ4n) is 3.00. The lowest BCUT2D eigenvalue weighted by Gasteiger charge is -2.20. The van der Waals surface area contributed by atoms with Crippen molar-refractivity contribution < 1.29 is 4.79 Å². The first-order chi connectivity index (χ1) is 9.74. The Kier molecular flexibility index (Phi) is 3.66. The van der Waals surface area contributed by atoms with Crippen LogP contribution in [0, 0.1) is 5.92 Å². The Bertz CT molecular complexity index is 606. The van der Waals surface area contributed by atoms with Crippen LogP contribution in [-0.2, 0) is 13.0 Å². The summed E-state index contributed by atoms with van der Waals surface area (Å²) in [5, 5.41) is 0. The molecule has 0 heterocycles. The number of nitrogens with zero attached hydrogens (tertiary/aromatic N) is 1. The van der Waals surface area contributed by atoms with Gasteiger partial charge in [0.2, 0.25) is 0 Å². The predicted octanol–water partition coefficient (Wildman–Crippen LogP) is 3.17. The van der Waals surface area contributed by atoms with E-state index in [0.717, 1.165) is 25.1 Å². The Balaban J connectivity index is 1.64. The molecule has 1 aliphatic rings. The lowest BCUT2D eigenvalue weighted by Crippen LogP contribution is -2.28. The van der Waals surface area contributed by atoms with Gasteiger partial charge in [-0.15, -0.1) is 0 Å². The van der Waals surface area contributed by atoms with E-state index in [9.17, 15) is 4.79 Å². The first kappa shape index (κ1) is 13.1. The molecule has 0 radical (unpaired) electrons. The maximum atomic E-state index is 12.4. The number of benzene rings is 2. The summed E-state index contributed by atoms with van der Waals surface area (Å²) in [5.41, 5.74) is 3.42. The van der Waals surface area contributed by atoms with Gasteiger partial charge in [-0.25, -0.2) is 0 Å². The van der Waals surface area contributed by atoms with Gasteiger partial charge < -0.3 is 4.90 Å².